The molecule has 0 aliphatic heterocycles. The number of benzene rings is 2. The van der Waals surface area contributed by atoms with E-state index < -0.39 is 5.41 Å². The molecule has 0 saturated heterocycles. The normalized spacial score (nSPS) is 11.3. The molecule has 2 aromatic carbocycles. The lowest BCUT2D eigenvalue weighted by Gasteiger charge is -2.17. The van der Waals surface area contributed by atoms with Crippen molar-refractivity contribution < 1.29 is 9.59 Å². The highest BCUT2D eigenvalue weighted by Crippen LogP contribution is 2.25. The fraction of sp³-hybridized carbons (Fsp3) is 0.304. The molecule has 0 spiro atoms. The zero-order valence-corrected chi connectivity index (χ0v) is 18.5. The highest BCUT2D eigenvalue weighted by molar-refractivity contribution is 7.99. The van der Waals surface area contributed by atoms with Crippen LogP contribution in [-0.4, -0.2) is 32.2 Å². The van der Waals surface area contributed by atoms with Gasteiger partial charge in [0.05, 0.1) is 5.75 Å². The van der Waals surface area contributed by atoms with Gasteiger partial charge < -0.3 is 9.88 Å². The summed E-state index contributed by atoms with van der Waals surface area (Å²) in [5.74, 6) is 0.999. The smallest absolute Gasteiger partial charge is 0.229 e. The quantitative estimate of drug-likeness (QED) is 0.432. The standard InChI is InChI=1S/C23H26N4O2S/c1-5-27-20(17-9-7-6-8-10-17)25-26-22(27)30-15-19(28)16-11-13-18(14-12-16)24-21(29)23(2,3)4/h6-14H,5,15H2,1-4H3,(H,24,29). The van der Waals surface area contributed by atoms with Crippen molar-refractivity contribution in [2.75, 3.05) is 11.1 Å². The van der Waals surface area contributed by atoms with E-state index >= 15 is 0 Å². The van der Waals surface area contributed by atoms with Crippen LogP contribution in [-0.2, 0) is 11.3 Å². The number of anilines is 1. The molecule has 0 aliphatic rings. The third-order valence-electron chi connectivity index (χ3n) is 4.54. The van der Waals surface area contributed by atoms with E-state index in [1.54, 1.807) is 24.3 Å². The van der Waals surface area contributed by atoms with Crippen molar-refractivity contribution in [3.63, 3.8) is 0 Å². The second-order valence-electron chi connectivity index (χ2n) is 7.91. The summed E-state index contributed by atoms with van der Waals surface area (Å²) in [6, 6.07) is 16.9. The Morgan fingerprint density at radius 3 is 2.27 bits per heavy atom. The molecule has 3 rings (SSSR count). The first-order valence-electron chi connectivity index (χ1n) is 9.85. The Kier molecular flexibility index (Phi) is 6.72. The van der Waals surface area contributed by atoms with Gasteiger partial charge in [-0.05, 0) is 31.2 Å². The number of hydrogen-bond acceptors (Lipinski definition) is 5. The highest BCUT2D eigenvalue weighted by Gasteiger charge is 2.21. The SMILES string of the molecule is CCn1c(SCC(=O)c2ccc(NC(=O)C(C)(C)C)cc2)nnc1-c1ccccc1. The third kappa shape index (κ3) is 5.16. The number of rotatable bonds is 7. The van der Waals surface area contributed by atoms with Gasteiger partial charge in [0.1, 0.15) is 0 Å². The lowest BCUT2D eigenvalue weighted by molar-refractivity contribution is -0.123. The summed E-state index contributed by atoms with van der Waals surface area (Å²) < 4.78 is 2.01. The van der Waals surface area contributed by atoms with Crippen LogP contribution in [0.15, 0.2) is 59.8 Å². The average molecular weight is 423 g/mol. The Bertz CT molecular complexity index is 1020. The summed E-state index contributed by atoms with van der Waals surface area (Å²) in [7, 11) is 0. The molecule has 0 unspecified atom stereocenters. The third-order valence-corrected chi connectivity index (χ3v) is 5.51. The number of Topliss-reactive ketones (excluding diaryl/α,β-unsaturated/α-hetero) is 1. The molecule has 1 heterocycles. The summed E-state index contributed by atoms with van der Waals surface area (Å²) in [6.45, 7) is 8.32. The predicted molar refractivity (Wildman–Crippen MR) is 121 cm³/mol. The molecule has 0 radical (unpaired) electrons. The Morgan fingerprint density at radius 2 is 1.67 bits per heavy atom. The van der Waals surface area contributed by atoms with Gasteiger partial charge in [0.2, 0.25) is 5.91 Å². The number of nitrogens with one attached hydrogen (secondary N) is 1. The number of thioether (sulfide) groups is 1. The molecular weight excluding hydrogens is 396 g/mol. The minimum absolute atomic E-state index is 0.000567. The predicted octanol–water partition coefficient (Wildman–Crippen LogP) is 4.92. The van der Waals surface area contributed by atoms with Gasteiger partial charge in [0, 0.05) is 28.8 Å². The van der Waals surface area contributed by atoms with Crippen molar-refractivity contribution in [1.82, 2.24) is 14.8 Å². The van der Waals surface area contributed by atoms with Crippen LogP contribution >= 0.6 is 11.8 Å². The molecule has 3 aromatic rings. The van der Waals surface area contributed by atoms with Crippen LogP contribution in [0.1, 0.15) is 38.1 Å². The largest absolute Gasteiger partial charge is 0.326 e. The Morgan fingerprint density at radius 1 is 1.00 bits per heavy atom. The van der Waals surface area contributed by atoms with Crippen molar-refractivity contribution in [2.45, 2.75) is 39.4 Å². The summed E-state index contributed by atoms with van der Waals surface area (Å²) >= 11 is 1.38. The van der Waals surface area contributed by atoms with E-state index in [9.17, 15) is 9.59 Å². The second kappa shape index (κ2) is 9.26. The number of nitrogens with zero attached hydrogens (tertiary/aromatic N) is 3. The van der Waals surface area contributed by atoms with Crippen LogP contribution in [0.2, 0.25) is 0 Å². The van der Waals surface area contributed by atoms with Gasteiger partial charge in [-0.2, -0.15) is 0 Å². The van der Waals surface area contributed by atoms with E-state index in [4.69, 9.17) is 0 Å². The van der Waals surface area contributed by atoms with E-state index in [1.165, 1.54) is 11.8 Å². The van der Waals surface area contributed by atoms with Crippen LogP contribution in [0, 0.1) is 5.41 Å². The van der Waals surface area contributed by atoms with E-state index in [-0.39, 0.29) is 17.4 Å². The van der Waals surface area contributed by atoms with Crippen molar-refractivity contribution in [3.8, 4) is 11.4 Å². The fourth-order valence-corrected chi connectivity index (χ4v) is 3.65. The van der Waals surface area contributed by atoms with E-state index in [1.807, 2.05) is 62.6 Å². The monoisotopic (exact) mass is 422 g/mol. The average Bonchev–Trinajstić information content (AvgIpc) is 3.15. The number of ketones is 1. The topological polar surface area (TPSA) is 76.9 Å². The van der Waals surface area contributed by atoms with Gasteiger partial charge >= 0.3 is 0 Å². The summed E-state index contributed by atoms with van der Waals surface area (Å²) in [4.78, 5) is 24.7. The van der Waals surface area contributed by atoms with E-state index in [2.05, 4.69) is 15.5 Å². The van der Waals surface area contributed by atoms with Gasteiger partial charge in [0.15, 0.2) is 16.8 Å². The van der Waals surface area contributed by atoms with E-state index in [0.29, 0.717) is 11.3 Å². The molecule has 1 aromatic heterocycles. The molecule has 0 atom stereocenters. The van der Waals surface area contributed by atoms with Crippen molar-refractivity contribution in [1.29, 1.82) is 0 Å². The minimum Gasteiger partial charge on any atom is -0.326 e. The Balaban J connectivity index is 1.65. The maximum absolute atomic E-state index is 12.6. The van der Waals surface area contributed by atoms with Gasteiger partial charge in [-0.15, -0.1) is 10.2 Å². The van der Waals surface area contributed by atoms with Crippen LogP contribution in [0.5, 0.6) is 0 Å². The first kappa shape index (κ1) is 21.8. The number of carbonyl (C=O) groups is 2. The summed E-state index contributed by atoms with van der Waals surface area (Å²) in [6.07, 6.45) is 0. The first-order valence-corrected chi connectivity index (χ1v) is 10.8. The van der Waals surface area contributed by atoms with Crippen molar-refractivity contribution in [2.24, 2.45) is 5.41 Å². The Hall–Kier alpha value is -2.93. The maximum Gasteiger partial charge on any atom is 0.229 e. The molecular formula is C23H26N4O2S. The lowest BCUT2D eigenvalue weighted by Crippen LogP contribution is -2.27. The molecule has 6 nitrogen and oxygen atoms in total. The molecule has 0 bridgehead atoms. The number of hydrogen-bond donors (Lipinski definition) is 1. The molecule has 1 amide bonds. The minimum atomic E-state index is -0.473. The fourth-order valence-electron chi connectivity index (χ4n) is 2.75. The number of carbonyl (C=O) groups excluding carboxylic acids is 2. The van der Waals surface area contributed by atoms with Crippen LogP contribution in [0.3, 0.4) is 0 Å². The molecule has 0 aliphatic carbocycles. The summed E-state index contributed by atoms with van der Waals surface area (Å²) in [5, 5.41) is 12.2. The Labute approximate surface area is 181 Å². The number of amides is 1. The lowest BCUT2D eigenvalue weighted by atomic mass is 9.95. The summed E-state index contributed by atoms with van der Waals surface area (Å²) in [5.41, 5.74) is 1.80. The van der Waals surface area contributed by atoms with Gasteiger partial charge in [-0.25, -0.2) is 0 Å². The van der Waals surface area contributed by atoms with Crippen LogP contribution in [0.25, 0.3) is 11.4 Å². The van der Waals surface area contributed by atoms with Crippen molar-refractivity contribution >= 4 is 29.1 Å². The zero-order valence-electron chi connectivity index (χ0n) is 17.7. The van der Waals surface area contributed by atoms with Gasteiger partial charge in [0.25, 0.3) is 0 Å². The van der Waals surface area contributed by atoms with Crippen molar-refractivity contribution in [3.05, 3.63) is 60.2 Å². The zero-order chi connectivity index (χ0) is 21.7. The van der Waals surface area contributed by atoms with E-state index in [0.717, 1.165) is 23.1 Å². The molecule has 0 fully saturated rings. The molecule has 7 heteroatoms. The molecule has 30 heavy (non-hydrogen) atoms. The molecule has 0 saturated carbocycles. The number of aromatic nitrogens is 3. The van der Waals surface area contributed by atoms with Crippen LogP contribution in [0.4, 0.5) is 5.69 Å². The maximum atomic E-state index is 12.6. The highest BCUT2D eigenvalue weighted by atomic mass is 32.2. The molecule has 156 valence electrons. The van der Waals surface area contributed by atoms with Crippen LogP contribution < -0.4 is 5.32 Å². The molecule has 1 N–H and O–H groups in total. The first-order chi connectivity index (χ1) is 14.3. The van der Waals surface area contributed by atoms with Gasteiger partial charge in [-0.3, -0.25) is 9.59 Å². The van der Waals surface area contributed by atoms with Gasteiger partial charge in [-0.1, -0.05) is 62.9 Å². The second-order valence-corrected chi connectivity index (χ2v) is 8.85.